The number of carbonyl (C=O) groups is 4. The number of halogens is 1. The first-order chi connectivity index (χ1) is 15.3. The summed E-state index contributed by atoms with van der Waals surface area (Å²) in [5, 5.41) is 23.7. The largest absolute Gasteiger partial charge is 0.480 e. The van der Waals surface area contributed by atoms with Crippen molar-refractivity contribution in [2.24, 2.45) is 17.2 Å². The van der Waals surface area contributed by atoms with Gasteiger partial charge in [0.15, 0.2) is 0 Å². The number of unbranched alkanes of at least 4 members (excludes halogenated alkanes) is 2. The first kappa shape index (κ1) is 31.2. The molecule has 0 unspecified atom stereocenters. The minimum atomic E-state index is -1.16. The number of amides is 3. The topological polar surface area (TPSA) is 214 Å². The van der Waals surface area contributed by atoms with Gasteiger partial charge in [0.1, 0.15) is 24.2 Å². The Morgan fingerprint density at radius 2 is 1.55 bits per heavy atom. The van der Waals surface area contributed by atoms with Gasteiger partial charge in [0, 0.05) is 6.54 Å². The molecule has 0 aromatic rings. The Morgan fingerprint density at radius 3 is 2.06 bits per heavy atom. The Labute approximate surface area is 204 Å². The molecule has 0 aliphatic carbocycles. The predicted octanol–water partition coefficient (Wildman–Crippen LogP) is -1.81. The van der Waals surface area contributed by atoms with Crippen LogP contribution in [-0.2, 0) is 19.2 Å². The van der Waals surface area contributed by atoms with Crippen LogP contribution in [0.4, 0.5) is 0 Å². The van der Waals surface area contributed by atoms with Crippen LogP contribution in [-0.4, -0.2) is 89.2 Å². The lowest BCUT2D eigenvalue weighted by Crippen LogP contribution is -2.57. The highest BCUT2D eigenvalue weighted by Gasteiger charge is 2.37. The van der Waals surface area contributed by atoms with Crippen molar-refractivity contribution in [2.45, 2.75) is 75.5 Å². The van der Waals surface area contributed by atoms with Crippen molar-refractivity contribution in [2.75, 3.05) is 26.2 Å². The monoisotopic (exact) mass is 538 g/mol. The van der Waals surface area contributed by atoms with Gasteiger partial charge >= 0.3 is 5.97 Å². The van der Waals surface area contributed by atoms with E-state index in [0.29, 0.717) is 58.2 Å². The summed E-state index contributed by atoms with van der Waals surface area (Å²) >= 11 is 0. The van der Waals surface area contributed by atoms with E-state index in [0.717, 1.165) is 0 Å². The van der Waals surface area contributed by atoms with E-state index >= 15 is 0 Å². The number of carbonyl (C=O) groups excluding carboxylic acids is 3. The van der Waals surface area contributed by atoms with Crippen LogP contribution in [0.5, 0.6) is 0 Å². The molecular formula is C20H39BrN6O6. The van der Waals surface area contributed by atoms with Gasteiger partial charge in [-0.05, 0) is 64.5 Å². The van der Waals surface area contributed by atoms with Crippen molar-refractivity contribution in [3.8, 4) is 0 Å². The molecule has 0 radical (unpaired) electrons. The Bertz CT molecular complexity index is 640. The zero-order valence-electron chi connectivity index (χ0n) is 18.9. The Kier molecular flexibility index (Phi) is 15.8. The van der Waals surface area contributed by atoms with E-state index in [-0.39, 0.29) is 29.8 Å². The van der Waals surface area contributed by atoms with Gasteiger partial charge in [-0.1, -0.05) is 0 Å². The summed E-state index contributed by atoms with van der Waals surface area (Å²) in [5.41, 5.74) is 16.6. The van der Waals surface area contributed by atoms with Gasteiger partial charge in [-0.15, -0.1) is 17.0 Å². The van der Waals surface area contributed by atoms with Crippen molar-refractivity contribution < 1.29 is 29.4 Å². The maximum absolute atomic E-state index is 12.9. The number of carboxylic acids is 1. The molecule has 1 aliphatic rings. The van der Waals surface area contributed by atoms with E-state index in [1.807, 2.05) is 0 Å². The summed E-state index contributed by atoms with van der Waals surface area (Å²) in [4.78, 5) is 50.9. The van der Waals surface area contributed by atoms with Crippen LogP contribution >= 0.6 is 17.0 Å². The number of aliphatic carboxylic acids is 1. The fourth-order valence-corrected chi connectivity index (χ4v) is 3.65. The summed E-state index contributed by atoms with van der Waals surface area (Å²) in [7, 11) is 0. The molecule has 0 spiro atoms. The molecule has 12 nitrogen and oxygen atoms in total. The van der Waals surface area contributed by atoms with E-state index in [1.165, 1.54) is 4.90 Å². The molecule has 13 heteroatoms. The molecule has 1 heterocycles. The lowest BCUT2D eigenvalue weighted by Gasteiger charge is -2.28. The lowest BCUT2D eigenvalue weighted by atomic mass is 10.1. The second-order valence-corrected chi connectivity index (χ2v) is 8.01. The Balaban J connectivity index is 0.0000102. The van der Waals surface area contributed by atoms with Crippen molar-refractivity contribution in [3.63, 3.8) is 0 Å². The SMILES string of the molecule is Br.NCCCC[C@H](NC(=O)[C@H](CCCCN)NC(=O)[C@@H]1CCCN1C(=O)[C@@H](N)CO)C(=O)O. The molecule has 1 fully saturated rings. The highest BCUT2D eigenvalue weighted by molar-refractivity contribution is 8.93. The van der Waals surface area contributed by atoms with Gasteiger partial charge in [-0.2, -0.15) is 0 Å². The summed E-state index contributed by atoms with van der Waals surface area (Å²) in [6, 6.07) is -3.97. The molecule has 10 N–H and O–H groups in total. The Morgan fingerprint density at radius 1 is 0.970 bits per heavy atom. The number of carboxylic acid groups (broad SMARTS) is 1. The molecule has 1 saturated heterocycles. The first-order valence-electron chi connectivity index (χ1n) is 11.2. The molecule has 1 aliphatic heterocycles. The third-order valence-corrected chi connectivity index (χ3v) is 5.49. The smallest absolute Gasteiger partial charge is 0.326 e. The third-order valence-electron chi connectivity index (χ3n) is 5.49. The lowest BCUT2D eigenvalue weighted by molar-refractivity contribution is -0.143. The van der Waals surface area contributed by atoms with Crippen LogP contribution < -0.4 is 27.8 Å². The average molecular weight is 539 g/mol. The number of hydrogen-bond acceptors (Lipinski definition) is 8. The zero-order chi connectivity index (χ0) is 24.1. The average Bonchev–Trinajstić information content (AvgIpc) is 3.26. The molecule has 0 saturated carbocycles. The van der Waals surface area contributed by atoms with Crippen LogP contribution in [0.1, 0.15) is 51.4 Å². The van der Waals surface area contributed by atoms with Crippen molar-refractivity contribution in [1.29, 1.82) is 0 Å². The van der Waals surface area contributed by atoms with E-state index in [2.05, 4.69) is 10.6 Å². The summed E-state index contributed by atoms with van der Waals surface area (Å²) in [6.45, 7) is 0.642. The number of nitrogens with zero attached hydrogens (tertiary/aromatic N) is 1. The first-order valence-corrected chi connectivity index (χ1v) is 11.2. The number of likely N-dealkylation sites (tertiary alicyclic amines) is 1. The fourth-order valence-electron chi connectivity index (χ4n) is 3.65. The maximum Gasteiger partial charge on any atom is 0.326 e. The van der Waals surface area contributed by atoms with Crippen LogP contribution in [0.3, 0.4) is 0 Å². The van der Waals surface area contributed by atoms with Crippen molar-refractivity contribution in [3.05, 3.63) is 0 Å². The molecule has 0 aromatic heterocycles. The minimum absolute atomic E-state index is 0. The molecule has 1 rings (SSSR count). The van der Waals surface area contributed by atoms with Crippen molar-refractivity contribution >= 4 is 40.7 Å². The molecule has 0 aromatic carbocycles. The highest BCUT2D eigenvalue weighted by atomic mass is 79.9. The quantitative estimate of drug-likeness (QED) is 0.117. The van der Waals surface area contributed by atoms with Gasteiger partial charge in [0.2, 0.25) is 17.7 Å². The number of aliphatic hydroxyl groups excluding tert-OH is 1. The second-order valence-electron chi connectivity index (χ2n) is 8.01. The molecular weight excluding hydrogens is 500 g/mol. The highest BCUT2D eigenvalue weighted by Crippen LogP contribution is 2.19. The van der Waals surface area contributed by atoms with Crippen LogP contribution in [0, 0.1) is 0 Å². The number of nitrogens with one attached hydrogen (secondary N) is 2. The van der Waals surface area contributed by atoms with Crippen molar-refractivity contribution in [1.82, 2.24) is 15.5 Å². The molecule has 192 valence electrons. The second kappa shape index (κ2) is 16.8. The summed E-state index contributed by atoms with van der Waals surface area (Å²) in [5.74, 6) is -2.80. The minimum Gasteiger partial charge on any atom is -0.480 e. The van der Waals surface area contributed by atoms with Crippen LogP contribution in [0.25, 0.3) is 0 Å². The standard InChI is InChI=1S/C20H38N6O6.BrH/c21-9-3-1-6-14(17(28)25-15(20(31)32)7-2-4-10-22)24-18(29)16-8-5-11-26(16)19(30)13(23)12-27;/h13-16,27H,1-12,21-23H2,(H,24,29)(H,25,28)(H,31,32);1H/t13-,14-,15-,16-;/m0./s1. The molecule has 3 amide bonds. The van der Waals surface area contributed by atoms with E-state index in [1.54, 1.807) is 0 Å². The summed E-state index contributed by atoms with van der Waals surface area (Å²) < 4.78 is 0. The third kappa shape index (κ3) is 10.3. The maximum atomic E-state index is 12.9. The van der Waals surface area contributed by atoms with Gasteiger partial charge in [-0.25, -0.2) is 4.79 Å². The van der Waals surface area contributed by atoms with Gasteiger partial charge < -0.3 is 42.9 Å². The molecule has 33 heavy (non-hydrogen) atoms. The Hall–Kier alpha value is -1.80. The van der Waals surface area contributed by atoms with Crippen LogP contribution in [0.15, 0.2) is 0 Å². The van der Waals surface area contributed by atoms with E-state index in [4.69, 9.17) is 22.3 Å². The zero-order valence-corrected chi connectivity index (χ0v) is 20.6. The molecule has 4 atom stereocenters. The van der Waals surface area contributed by atoms with E-state index in [9.17, 15) is 24.3 Å². The normalized spacial score (nSPS) is 18.1. The number of aliphatic hydroxyl groups is 1. The predicted molar refractivity (Wildman–Crippen MR) is 127 cm³/mol. The number of hydrogen-bond donors (Lipinski definition) is 7. The number of rotatable bonds is 15. The van der Waals surface area contributed by atoms with E-state index < -0.39 is 54.5 Å². The summed E-state index contributed by atoms with van der Waals surface area (Å²) in [6.07, 6.45) is 3.88. The van der Waals surface area contributed by atoms with Gasteiger partial charge in [-0.3, -0.25) is 14.4 Å². The molecule has 0 bridgehead atoms. The fraction of sp³-hybridized carbons (Fsp3) is 0.800. The number of nitrogens with two attached hydrogens (primary N) is 3. The van der Waals surface area contributed by atoms with Crippen LogP contribution in [0.2, 0.25) is 0 Å². The van der Waals surface area contributed by atoms with Gasteiger partial charge in [0.05, 0.1) is 6.61 Å². The van der Waals surface area contributed by atoms with Gasteiger partial charge in [0.25, 0.3) is 0 Å².